The van der Waals surface area contributed by atoms with E-state index >= 15 is 0 Å². The topological polar surface area (TPSA) is 80.0 Å². The van der Waals surface area contributed by atoms with Crippen LogP contribution in [0.1, 0.15) is 23.7 Å². The first-order valence-electron chi connectivity index (χ1n) is 6.59. The number of nitrogens with one attached hydrogen (secondary N) is 2. The van der Waals surface area contributed by atoms with Crippen LogP contribution in [-0.2, 0) is 6.42 Å². The van der Waals surface area contributed by atoms with Crippen LogP contribution >= 0.6 is 0 Å². The molecule has 0 spiro atoms. The normalized spacial score (nSPS) is 16.5. The zero-order valence-electron chi connectivity index (χ0n) is 11.0. The maximum Gasteiger partial charge on any atom is 0.316 e. The molecule has 5 nitrogen and oxygen atoms in total. The van der Waals surface area contributed by atoms with Gasteiger partial charge in [-0.2, -0.15) is 0 Å². The summed E-state index contributed by atoms with van der Waals surface area (Å²) in [6.07, 6.45) is 3.89. The number of hydrogen-bond donors (Lipinski definition) is 3. The molecule has 0 bridgehead atoms. The fourth-order valence-corrected chi connectivity index (χ4v) is 2.58. The highest BCUT2D eigenvalue weighted by Gasteiger charge is 2.23. The van der Waals surface area contributed by atoms with E-state index in [1.807, 2.05) is 30.5 Å². The van der Waals surface area contributed by atoms with Crippen molar-refractivity contribution in [2.45, 2.75) is 18.9 Å². The molecule has 0 radical (unpaired) electrons. The van der Waals surface area contributed by atoms with Crippen molar-refractivity contribution in [3.63, 3.8) is 0 Å². The van der Waals surface area contributed by atoms with Crippen molar-refractivity contribution in [3.8, 4) is 0 Å². The Labute approximate surface area is 117 Å². The largest absolute Gasteiger partial charge is 0.377 e. The number of aromatic nitrogens is 1. The van der Waals surface area contributed by atoms with Gasteiger partial charge in [-0.3, -0.25) is 4.98 Å². The minimum Gasteiger partial charge on any atom is -0.377 e. The zero-order valence-corrected chi connectivity index (χ0v) is 11.0. The second-order valence-electron chi connectivity index (χ2n) is 4.85. The minimum absolute atomic E-state index is 0.218. The van der Waals surface area contributed by atoms with E-state index in [-0.39, 0.29) is 6.04 Å². The fraction of sp³-hybridized carbons (Fsp3) is 0.200. The van der Waals surface area contributed by atoms with Crippen LogP contribution < -0.4 is 16.4 Å². The molecular formula is C15H16N4O. The van der Waals surface area contributed by atoms with Gasteiger partial charge in [-0.05, 0) is 42.7 Å². The van der Waals surface area contributed by atoms with Crippen LogP contribution in [0.4, 0.5) is 16.2 Å². The van der Waals surface area contributed by atoms with Crippen molar-refractivity contribution in [2.24, 2.45) is 5.73 Å². The quantitative estimate of drug-likeness (QED) is 0.800. The van der Waals surface area contributed by atoms with Crippen molar-refractivity contribution in [3.05, 3.63) is 53.9 Å². The lowest BCUT2D eigenvalue weighted by Crippen LogP contribution is -2.19. The van der Waals surface area contributed by atoms with Gasteiger partial charge in [0.15, 0.2) is 0 Å². The third-order valence-corrected chi connectivity index (χ3v) is 3.43. The maximum atomic E-state index is 10.9. The van der Waals surface area contributed by atoms with Gasteiger partial charge in [-0.25, -0.2) is 4.79 Å². The van der Waals surface area contributed by atoms with Crippen LogP contribution in [0.5, 0.6) is 0 Å². The van der Waals surface area contributed by atoms with Gasteiger partial charge in [-0.1, -0.05) is 12.1 Å². The molecule has 1 aromatic heterocycles. The van der Waals surface area contributed by atoms with Crippen LogP contribution in [0.3, 0.4) is 0 Å². The van der Waals surface area contributed by atoms with Gasteiger partial charge >= 0.3 is 6.03 Å². The molecule has 1 heterocycles. The van der Waals surface area contributed by atoms with Crippen LogP contribution in [-0.4, -0.2) is 11.0 Å². The molecule has 0 fully saturated rings. The molecule has 102 valence electrons. The number of aryl methyl sites for hydroxylation is 1. The number of amides is 2. The average Bonchev–Trinajstić information content (AvgIpc) is 2.82. The summed E-state index contributed by atoms with van der Waals surface area (Å²) in [5.74, 6) is 0. The molecule has 0 saturated carbocycles. The maximum absolute atomic E-state index is 10.9. The first kappa shape index (κ1) is 12.5. The molecule has 0 aliphatic heterocycles. The number of pyridine rings is 1. The Hall–Kier alpha value is -2.56. The van der Waals surface area contributed by atoms with Crippen molar-refractivity contribution < 1.29 is 4.79 Å². The molecule has 20 heavy (non-hydrogen) atoms. The van der Waals surface area contributed by atoms with E-state index in [1.165, 1.54) is 5.56 Å². The number of anilines is 2. The second kappa shape index (κ2) is 5.21. The number of primary amides is 1. The molecule has 5 heteroatoms. The Morgan fingerprint density at radius 1 is 1.25 bits per heavy atom. The zero-order chi connectivity index (χ0) is 13.9. The predicted octanol–water partition coefficient (Wildman–Crippen LogP) is 2.67. The average molecular weight is 268 g/mol. The summed E-state index contributed by atoms with van der Waals surface area (Å²) in [4.78, 5) is 15.3. The third kappa shape index (κ3) is 2.56. The number of hydrogen-bond acceptors (Lipinski definition) is 3. The lowest BCUT2D eigenvalue weighted by Gasteiger charge is -2.15. The Morgan fingerprint density at radius 2 is 2.10 bits per heavy atom. The van der Waals surface area contributed by atoms with E-state index in [9.17, 15) is 4.79 Å². The number of fused-ring (bicyclic) bond motifs is 1. The molecule has 1 atom stereocenters. The van der Waals surface area contributed by atoms with Gasteiger partial charge in [0.2, 0.25) is 0 Å². The van der Waals surface area contributed by atoms with Crippen LogP contribution in [0.25, 0.3) is 0 Å². The van der Waals surface area contributed by atoms with Crippen LogP contribution in [0, 0.1) is 0 Å². The Kier molecular flexibility index (Phi) is 3.25. The van der Waals surface area contributed by atoms with Crippen molar-refractivity contribution in [1.82, 2.24) is 4.98 Å². The highest BCUT2D eigenvalue weighted by molar-refractivity contribution is 5.88. The van der Waals surface area contributed by atoms with E-state index in [1.54, 1.807) is 6.07 Å². The summed E-state index contributed by atoms with van der Waals surface area (Å²) in [7, 11) is 0. The SMILES string of the molecule is NC(=O)Nc1cccc(NC2CCc3cccnc32)c1. The van der Waals surface area contributed by atoms with Crippen LogP contribution in [0.2, 0.25) is 0 Å². The number of nitrogens with two attached hydrogens (primary N) is 1. The predicted molar refractivity (Wildman–Crippen MR) is 78.6 cm³/mol. The summed E-state index contributed by atoms with van der Waals surface area (Å²) in [6, 6.07) is 11.3. The van der Waals surface area contributed by atoms with E-state index in [0.717, 1.165) is 24.2 Å². The minimum atomic E-state index is -0.560. The van der Waals surface area contributed by atoms with E-state index in [2.05, 4.69) is 21.7 Å². The highest BCUT2D eigenvalue weighted by atomic mass is 16.2. The third-order valence-electron chi connectivity index (χ3n) is 3.43. The Balaban J connectivity index is 1.77. The smallest absolute Gasteiger partial charge is 0.316 e. The van der Waals surface area contributed by atoms with Gasteiger partial charge < -0.3 is 16.4 Å². The number of benzene rings is 1. The van der Waals surface area contributed by atoms with Crippen LogP contribution in [0.15, 0.2) is 42.6 Å². The van der Waals surface area contributed by atoms with Crippen molar-refractivity contribution in [1.29, 1.82) is 0 Å². The molecule has 1 aliphatic rings. The molecule has 2 aromatic rings. The fourth-order valence-electron chi connectivity index (χ4n) is 2.58. The number of urea groups is 1. The molecular weight excluding hydrogens is 252 g/mol. The second-order valence-corrected chi connectivity index (χ2v) is 4.85. The van der Waals surface area contributed by atoms with E-state index < -0.39 is 6.03 Å². The van der Waals surface area contributed by atoms with Gasteiger partial charge in [-0.15, -0.1) is 0 Å². The monoisotopic (exact) mass is 268 g/mol. The Morgan fingerprint density at radius 3 is 2.95 bits per heavy atom. The number of carbonyl (C=O) groups is 1. The molecule has 4 N–H and O–H groups in total. The summed E-state index contributed by atoms with van der Waals surface area (Å²) >= 11 is 0. The molecule has 1 unspecified atom stereocenters. The first-order chi connectivity index (χ1) is 9.72. The molecule has 0 saturated heterocycles. The Bertz CT molecular complexity index is 641. The molecule has 2 amide bonds. The summed E-state index contributed by atoms with van der Waals surface area (Å²) in [5, 5.41) is 6.03. The number of rotatable bonds is 3. The van der Waals surface area contributed by atoms with Gasteiger partial charge in [0.25, 0.3) is 0 Å². The van der Waals surface area contributed by atoms with Crippen molar-refractivity contribution in [2.75, 3.05) is 10.6 Å². The van der Waals surface area contributed by atoms with Gasteiger partial charge in [0.05, 0.1) is 11.7 Å². The number of nitrogens with zero attached hydrogens (tertiary/aromatic N) is 1. The number of carbonyl (C=O) groups excluding carboxylic acids is 1. The van der Waals surface area contributed by atoms with Gasteiger partial charge in [0.1, 0.15) is 0 Å². The van der Waals surface area contributed by atoms with E-state index in [4.69, 9.17) is 5.73 Å². The molecule has 1 aromatic carbocycles. The lowest BCUT2D eigenvalue weighted by atomic mass is 10.2. The molecule has 3 rings (SSSR count). The van der Waals surface area contributed by atoms with E-state index in [0.29, 0.717) is 5.69 Å². The lowest BCUT2D eigenvalue weighted by molar-refractivity contribution is 0.259. The standard InChI is InChI=1S/C15H16N4O/c16-15(20)19-12-5-1-4-11(9-12)18-13-7-6-10-3-2-8-17-14(10)13/h1-5,8-9,13,18H,6-7H2,(H3,16,19,20). The van der Waals surface area contributed by atoms with Crippen molar-refractivity contribution >= 4 is 17.4 Å². The summed E-state index contributed by atoms with van der Waals surface area (Å²) < 4.78 is 0. The molecule has 1 aliphatic carbocycles. The first-order valence-corrected chi connectivity index (χ1v) is 6.59. The van der Waals surface area contributed by atoms with Gasteiger partial charge in [0, 0.05) is 17.6 Å². The highest BCUT2D eigenvalue weighted by Crippen LogP contribution is 2.32. The summed E-state index contributed by atoms with van der Waals surface area (Å²) in [5.41, 5.74) is 9.16. The summed E-state index contributed by atoms with van der Waals surface area (Å²) in [6.45, 7) is 0.